The van der Waals surface area contributed by atoms with Crippen LogP contribution in [0.1, 0.15) is 23.7 Å². The zero-order chi connectivity index (χ0) is 22.9. The normalized spacial score (nSPS) is 21.9. The van der Waals surface area contributed by atoms with Gasteiger partial charge in [0.2, 0.25) is 0 Å². The minimum absolute atomic E-state index is 0.0187. The topological polar surface area (TPSA) is 104 Å². The maximum atomic E-state index is 11.9. The lowest BCUT2D eigenvalue weighted by Gasteiger charge is -2.33. The summed E-state index contributed by atoms with van der Waals surface area (Å²) in [6.07, 6.45) is 6.41. The fourth-order valence-corrected chi connectivity index (χ4v) is 5.47. The largest absolute Gasteiger partial charge is 0.506 e. The van der Waals surface area contributed by atoms with Crippen molar-refractivity contribution in [3.05, 3.63) is 65.2 Å². The highest BCUT2D eigenvalue weighted by Crippen LogP contribution is 2.47. The van der Waals surface area contributed by atoms with Gasteiger partial charge in [-0.3, -0.25) is 14.7 Å². The minimum Gasteiger partial charge on any atom is -0.506 e. The van der Waals surface area contributed by atoms with Gasteiger partial charge >= 0.3 is 5.97 Å². The highest BCUT2D eigenvalue weighted by Gasteiger charge is 2.48. The second-order valence-electron chi connectivity index (χ2n) is 8.66. The molecule has 0 radical (unpaired) electrons. The molecule has 2 aliphatic rings. The highest BCUT2D eigenvalue weighted by molar-refractivity contribution is 6.32. The molecular formula is C24H20ClN5O3. The average molecular weight is 462 g/mol. The molecule has 33 heavy (non-hydrogen) atoms. The zero-order valence-electron chi connectivity index (χ0n) is 17.7. The van der Waals surface area contributed by atoms with Crippen molar-refractivity contribution in [2.24, 2.45) is 5.92 Å². The number of benzene rings is 1. The van der Waals surface area contributed by atoms with Gasteiger partial charge in [-0.15, -0.1) is 0 Å². The number of likely N-dealkylation sites (N-methyl/N-ethyl adjacent to an activating group) is 1. The minimum atomic E-state index is -0.762. The summed E-state index contributed by atoms with van der Waals surface area (Å²) < 4.78 is 1.85. The lowest BCUT2D eigenvalue weighted by atomic mass is 9.96. The molecule has 2 bridgehead atoms. The predicted octanol–water partition coefficient (Wildman–Crippen LogP) is 3.82. The molecule has 2 aliphatic heterocycles. The molecule has 1 fully saturated rings. The van der Waals surface area contributed by atoms with Crippen molar-refractivity contribution < 1.29 is 15.0 Å². The fourth-order valence-electron chi connectivity index (χ4n) is 5.36. The molecule has 3 atom stereocenters. The Labute approximate surface area is 194 Å². The van der Waals surface area contributed by atoms with E-state index in [0.717, 1.165) is 27.9 Å². The molecule has 0 aliphatic carbocycles. The zero-order valence-corrected chi connectivity index (χ0v) is 18.4. The molecule has 5 heterocycles. The second kappa shape index (κ2) is 7.26. The quantitative estimate of drug-likeness (QED) is 0.478. The van der Waals surface area contributed by atoms with Gasteiger partial charge in [0.1, 0.15) is 11.4 Å². The number of phenolic OH excluding ortho intramolecular Hbond substituents is 1. The molecule has 4 aromatic rings. The summed E-state index contributed by atoms with van der Waals surface area (Å²) >= 11 is 6.06. The Balaban J connectivity index is 1.63. The monoisotopic (exact) mass is 461 g/mol. The van der Waals surface area contributed by atoms with E-state index in [0.29, 0.717) is 24.2 Å². The molecular weight excluding hydrogens is 442 g/mol. The van der Waals surface area contributed by atoms with E-state index in [1.807, 2.05) is 36.0 Å². The van der Waals surface area contributed by atoms with E-state index >= 15 is 0 Å². The first-order valence-electron chi connectivity index (χ1n) is 10.7. The number of carboxylic acids is 1. The van der Waals surface area contributed by atoms with Gasteiger partial charge in [0.15, 0.2) is 5.65 Å². The number of aromatic hydroxyl groups is 1. The highest BCUT2D eigenvalue weighted by atomic mass is 35.5. The summed E-state index contributed by atoms with van der Waals surface area (Å²) in [5, 5.41) is 25.3. The van der Waals surface area contributed by atoms with Crippen molar-refractivity contribution in [1.29, 1.82) is 0 Å². The van der Waals surface area contributed by atoms with Crippen molar-refractivity contribution in [1.82, 2.24) is 24.5 Å². The number of hydrogen-bond donors (Lipinski definition) is 2. The Morgan fingerprint density at radius 2 is 1.97 bits per heavy atom. The Bertz CT molecular complexity index is 1420. The summed E-state index contributed by atoms with van der Waals surface area (Å²) in [6, 6.07) is 8.74. The number of carboxylic acid groups (broad SMARTS) is 1. The lowest BCUT2D eigenvalue weighted by Crippen LogP contribution is -2.39. The fraction of sp³-hybridized carbons (Fsp3) is 0.250. The van der Waals surface area contributed by atoms with E-state index in [-0.39, 0.29) is 22.9 Å². The molecule has 3 aromatic heterocycles. The maximum absolute atomic E-state index is 11.9. The number of aliphatic carboxylic acids is 1. The van der Waals surface area contributed by atoms with Gasteiger partial charge in [-0.1, -0.05) is 17.7 Å². The van der Waals surface area contributed by atoms with Crippen LogP contribution in [0.4, 0.5) is 0 Å². The Morgan fingerprint density at radius 3 is 2.70 bits per heavy atom. The van der Waals surface area contributed by atoms with Crippen LogP contribution in [0.15, 0.2) is 48.9 Å². The van der Waals surface area contributed by atoms with Gasteiger partial charge in [0.05, 0.1) is 28.2 Å². The number of nitrogens with zero attached hydrogens (tertiary/aromatic N) is 5. The summed E-state index contributed by atoms with van der Waals surface area (Å²) in [4.78, 5) is 22.9. The Hall–Kier alpha value is -3.49. The molecule has 1 aromatic carbocycles. The molecule has 2 unspecified atom stereocenters. The van der Waals surface area contributed by atoms with Crippen LogP contribution < -0.4 is 0 Å². The van der Waals surface area contributed by atoms with Crippen LogP contribution in [0.5, 0.6) is 5.75 Å². The standard InChI is InChI=1S/C24H20ClN5O3/c1-29-17-8-14-11-27-23-20(13-2-3-16(25)19(31)9-13)21(12-4-6-26-7-5-12)28-30(23)22(14)18(29)10-15(17)24(32)33/h2-7,9,11,15,17-18,31H,8,10H2,1H3,(H,32,33)/t15-,17?,18?/m0/s1. The van der Waals surface area contributed by atoms with Gasteiger partial charge in [-0.25, -0.2) is 9.50 Å². The number of aromatic nitrogens is 4. The number of pyridine rings is 1. The summed E-state index contributed by atoms with van der Waals surface area (Å²) in [5.74, 6) is -1.21. The van der Waals surface area contributed by atoms with Crippen LogP contribution in [0.3, 0.4) is 0 Å². The van der Waals surface area contributed by atoms with E-state index in [4.69, 9.17) is 21.7 Å². The maximum Gasteiger partial charge on any atom is 0.308 e. The summed E-state index contributed by atoms with van der Waals surface area (Å²) in [5.41, 5.74) is 5.73. The first-order chi connectivity index (χ1) is 15.9. The van der Waals surface area contributed by atoms with Crippen molar-refractivity contribution in [3.63, 3.8) is 0 Å². The van der Waals surface area contributed by atoms with Gasteiger partial charge in [0, 0.05) is 30.2 Å². The number of fused-ring (bicyclic) bond motifs is 6. The molecule has 166 valence electrons. The molecule has 0 spiro atoms. The van der Waals surface area contributed by atoms with Crippen molar-refractivity contribution in [3.8, 4) is 28.1 Å². The second-order valence-corrected chi connectivity index (χ2v) is 9.07. The SMILES string of the molecule is CN1C2C[C@H](C(=O)O)C1Cc1cnc3c(-c4ccc(Cl)c(O)c4)c(-c4ccncc4)nn3c12. The number of rotatable bonds is 3. The van der Waals surface area contributed by atoms with Crippen LogP contribution in [0, 0.1) is 5.92 Å². The molecule has 2 N–H and O–H groups in total. The molecule has 9 heteroatoms. The van der Waals surface area contributed by atoms with Gasteiger partial charge in [-0.05, 0) is 55.3 Å². The van der Waals surface area contributed by atoms with Crippen molar-refractivity contribution in [2.45, 2.75) is 24.9 Å². The smallest absolute Gasteiger partial charge is 0.308 e. The Morgan fingerprint density at radius 1 is 1.18 bits per heavy atom. The van der Waals surface area contributed by atoms with Crippen molar-refractivity contribution >= 4 is 23.2 Å². The first kappa shape index (κ1) is 20.1. The van der Waals surface area contributed by atoms with E-state index in [2.05, 4.69) is 9.88 Å². The van der Waals surface area contributed by atoms with E-state index in [1.165, 1.54) is 0 Å². The van der Waals surface area contributed by atoms with Gasteiger partial charge in [0.25, 0.3) is 0 Å². The summed E-state index contributed by atoms with van der Waals surface area (Å²) in [6.45, 7) is 0. The third kappa shape index (κ3) is 2.94. The van der Waals surface area contributed by atoms with E-state index < -0.39 is 11.9 Å². The van der Waals surface area contributed by atoms with Crippen LogP contribution >= 0.6 is 11.6 Å². The number of carbonyl (C=O) groups is 1. The molecule has 8 nitrogen and oxygen atoms in total. The predicted molar refractivity (Wildman–Crippen MR) is 122 cm³/mol. The van der Waals surface area contributed by atoms with Gasteiger partial charge in [-0.2, -0.15) is 5.10 Å². The molecule has 0 saturated carbocycles. The van der Waals surface area contributed by atoms with Crippen LogP contribution in [0.2, 0.25) is 5.02 Å². The summed E-state index contributed by atoms with van der Waals surface area (Å²) in [7, 11) is 1.99. The first-order valence-corrected chi connectivity index (χ1v) is 11.1. The number of phenols is 1. The van der Waals surface area contributed by atoms with E-state index in [1.54, 1.807) is 24.5 Å². The van der Waals surface area contributed by atoms with Crippen molar-refractivity contribution in [2.75, 3.05) is 7.05 Å². The third-order valence-corrected chi connectivity index (χ3v) is 7.29. The Kier molecular flexibility index (Phi) is 4.43. The number of halogens is 1. The molecule has 0 amide bonds. The van der Waals surface area contributed by atoms with Crippen LogP contribution in [0.25, 0.3) is 28.0 Å². The van der Waals surface area contributed by atoms with Crippen LogP contribution in [-0.2, 0) is 11.2 Å². The number of hydrogen-bond acceptors (Lipinski definition) is 6. The molecule has 6 rings (SSSR count). The molecule has 1 saturated heterocycles. The van der Waals surface area contributed by atoms with Crippen LogP contribution in [-0.4, -0.2) is 53.8 Å². The lowest BCUT2D eigenvalue weighted by molar-refractivity contribution is -0.142. The van der Waals surface area contributed by atoms with E-state index in [9.17, 15) is 15.0 Å². The average Bonchev–Trinajstić information content (AvgIpc) is 3.29. The third-order valence-electron chi connectivity index (χ3n) is 6.97. The van der Waals surface area contributed by atoms with Gasteiger partial charge < -0.3 is 10.2 Å².